The van der Waals surface area contributed by atoms with Crippen molar-refractivity contribution >= 4 is 11.0 Å². The summed E-state index contributed by atoms with van der Waals surface area (Å²) < 4.78 is 15.3. The van der Waals surface area contributed by atoms with Crippen LogP contribution in [-0.4, -0.2) is 34.1 Å². The van der Waals surface area contributed by atoms with Gasteiger partial charge in [-0.2, -0.15) is 0 Å². The maximum atomic E-state index is 13.2. The van der Waals surface area contributed by atoms with Crippen molar-refractivity contribution in [2.45, 2.75) is 25.9 Å². The Hall–Kier alpha value is -1.46. The van der Waals surface area contributed by atoms with Gasteiger partial charge in [0, 0.05) is 19.2 Å². The molecule has 2 aromatic rings. The molecule has 0 aliphatic carbocycles. The van der Waals surface area contributed by atoms with Crippen LogP contribution in [0.2, 0.25) is 0 Å². The van der Waals surface area contributed by atoms with Crippen molar-refractivity contribution < 1.29 is 4.39 Å². The lowest BCUT2D eigenvalue weighted by Crippen LogP contribution is -2.25. The van der Waals surface area contributed by atoms with Gasteiger partial charge < -0.3 is 15.2 Å². The van der Waals surface area contributed by atoms with Gasteiger partial charge in [0.25, 0.3) is 0 Å². The Kier molecular flexibility index (Phi) is 3.48. The standard InChI is InChI=1S/C14H19FN4/c15-11-3-4-13-12(9-11)17-14(10-16)19(13)8-7-18-5-1-2-6-18/h3-4,9H,1-2,5-8,10,16H2. The number of nitrogens with zero attached hydrogens (tertiary/aromatic N) is 3. The fraction of sp³-hybridized carbons (Fsp3) is 0.500. The summed E-state index contributed by atoms with van der Waals surface area (Å²) in [5.41, 5.74) is 7.41. The lowest BCUT2D eigenvalue weighted by molar-refractivity contribution is 0.322. The van der Waals surface area contributed by atoms with Crippen LogP contribution in [0.5, 0.6) is 0 Å². The Morgan fingerprint density at radius 3 is 2.74 bits per heavy atom. The van der Waals surface area contributed by atoms with Gasteiger partial charge >= 0.3 is 0 Å². The zero-order valence-electron chi connectivity index (χ0n) is 11.0. The fourth-order valence-electron chi connectivity index (χ4n) is 2.81. The van der Waals surface area contributed by atoms with E-state index in [9.17, 15) is 4.39 Å². The molecular formula is C14H19FN4. The van der Waals surface area contributed by atoms with E-state index < -0.39 is 0 Å². The molecule has 1 aliphatic rings. The minimum atomic E-state index is -0.250. The van der Waals surface area contributed by atoms with Crippen LogP contribution in [0.1, 0.15) is 18.7 Å². The number of benzene rings is 1. The van der Waals surface area contributed by atoms with Gasteiger partial charge in [0.15, 0.2) is 0 Å². The van der Waals surface area contributed by atoms with E-state index >= 15 is 0 Å². The highest BCUT2D eigenvalue weighted by atomic mass is 19.1. The average molecular weight is 262 g/mol. The molecule has 0 atom stereocenters. The van der Waals surface area contributed by atoms with Gasteiger partial charge in [-0.05, 0) is 38.1 Å². The van der Waals surface area contributed by atoms with E-state index in [1.54, 1.807) is 6.07 Å². The van der Waals surface area contributed by atoms with Gasteiger partial charge in [-0.1, -0.05) is 0 Å². The van der Waals surface area contributed by atoms with Crippen molar-refractivity contribution in [2.24, 2.45) is 5.73 Å². The van der Waals surface area contributed by atoms with Crippen molar-refractivity contribution in [2.75, 3.05) is 19.6 Å². The Labute approximate surface area is 112 Å². The van der Waals surface area contributed by atoms with Crippen LogP contribution >= 0.6 is 0 Å². The fourth-order valence-corrected chi connectivity index (χ4v) is 2.81. The Balaban J connectivity index is 1.87. The van der Waals surface area contributed by atoms with Gasteiger partial charge in [0.1, 0.15) is 11.6 Å². The maximum absolute atomic E-state index is 13.2. The quantitative estimate of drug-likeness (QED) is 0.913. The van der Waals surface area contributed by atoms with Gasteiger partial charge in [0.2, 0.25) is 0 Å². The van der Waals surface area contributed by atoms with Crippen LogP contribution in [0, 0.1) is 5.82 Å². The summed E-state index contributed by atoms with van der Waals surface area (Å²) in [5.74, 6) is 0.583. The third-order valence-corrected chi connectivity index (χ3v) is 3.81. The molecule has 1 saturated heterocycles. The molecular weight excluding hydrogens is 243 g/mol. The molecule has 0 spiro atoms. The molecule has 2 N–H and O–H groups in total. The predicted molar refractivity (Wildman–Crippen MR) is 73.3 cm³/mol. The highest BCUT2D eigenvalue weighted by Crippen LogP contribution is 2.18. The Morgan fingerprint density at radius 2 is 2.00 bits per heavy atom. The van der Waals surface area contributed by atoms with Gasteiger partial charge in [-0.3, -0.25) is 0 Å². The number of fused-ring (bicyclic) bond motifs is 1. The molecule has 5 heteroatoms. The van der Waals surface area contributed by atoms with Crippen molar-refractivity contribution in [3.05, 3.63) is 29.8 Å². The van der Waals surface area contributed by atoms with E-state index in [-0.39, 0.29) is 5.82 Å². The van der Waals surface area contributed by atoms with E-state index in [0.717, 1.165) is 24.4 Å². The first-order valence-corrected chi connectivity index (χ1v) is 6.85. The molecule has 102 valence electrons. The second-order valence-corrected chi connectivity index (χ2v) is 5.07. The molecule has 4 nitrogen and oxygen atoms in total. The molecule has 1 aliphatic heterocycles. The number of halogens is 1. The van der Waals surface area contributed by atoms with Crippen LogP contribution in [-0.2, 0) is 13.1 Å². The smallest absolute Gasteiger partial charge is 0.125 e. The molecule has 0 amide bonds. The largest absolute Gasteiger partial charge is 0.326 e. The highest BCUT2D eigenvalue weighted by molar-refractivity contribution is 5.76. The molecule has 2 heterocycles. The molecule has 0 unspecified atom stereocenters. The third kappa shape index (κ3) is 2.48. The second kappa shape index (κ2) is 5.27. The number of nitrogens with two attached hydrogens (primary N) is 1. The van der Waals surface area contributed by atoms with E-state index in [1.807, 2.05) is 0 Å². The van der Waals surface area contributed by atoms with Crippen LogP contribution in [0.15, 0.2) is 18.2 Å². The number of hydrogen-bond donors (Lipinski definition) is 1. The van der Waals surface area contributed by atoms with E-state index in [1.165, 1.54) is 38.1 Å². The van der Waals surface area contributed by atoms with Crippen molar-refractivity contribution in [1.82, 2.24) is 14.5 Å². The number of imidazole rings is 1. The zero-order chi connectivity index (χ0) is 13.2. The number of likely N-dealkylation sites (tertiary alicyclic amines) is 1. The average Bonchev–Trinajstić information content (AvgIpc) is 3.02. The SMILES string of the molecule is NCc1nc2cc(F)ccc2n1CCN1CCCC1. The second-order valence-electron chi connectivity index (χ2n) is 5.07. The first-order valence-electron chi connectivity index (χ1n) is 6.85. The molecule has 0 saturated carbocycles. The number of rotatable bonds is 4. The summed E-state index contributed by atoms with van der Waals surface area (Å²) in [6.07, 6.45) is 2.58. The molecule has 0 bridgehead atoms. The van der Waals surface area contributed by atoms with Crippen LogP contribution in [0.25, 0.3) is 11.0 Å². The summed E-state index contributed by atoms with van der Waals surface area (Å²) in [7, 11) is 0. The summed E-state index contributed by atoms with van der Waals surface area (Å²) in [4.78, 5) is 6.87. The molecule has 1 fully saturated rings. The third-order valence-electron chi connectivity index (χ3n) is 3.81. The van der Waals surface area contributed by atoms with Crippen molar-refractivity contribution in [1.29, 1.82) is 0 Å². The molecule has 3 rings (SSSR count). The topological polar surface area (TPSA) is 47.1 Å². The normalized spacial score (nSPS) is 16.5. The summed E-state index contributed by atoms with van der Waals surface area (Å²) in [6, 6.07) is 4.75. The minimum absolute atomic E-state index is 0.250. The predicted octanol–water partition coefficient (Wildman–Crippen LogP) is 1.73. The van der Waals surface area contributed by atoms with E-state index in [4.69, 9.17) is 5.73 Å². The maximum Gasteiger partial charge on any atom is 0.125 e. The first kappa shape index (κ1) is 12.6. The molecule has 1 aromatic carbocycles. The molecule has 1 aromatic heterocycles. The molecule has 19 heavy (non-hydrogen) atoms. The van der Waals surface area contributed by atoms with E-state index in [0.29, 0.717) is 12.1 Å². The number of hydrogen-bond acceptors (Lipinski definition) is 3. The van der Waals surface area contributed by atoms with Gasteiger partial charge in [-0.25, -0.2) is 9.37 Å². The monoisotopic (exact) mass is 262 g/mol. The van der Waals surface area contributed by atoms with Crippen molar-refractivity contribution in [3.63, 3.8) is 0 Å². The summed E-state index contributed by atoms with van der Waals surface area (Å²) in [6.45, 7) is 4.62. The minimum Gasteiger partial charge on any atom is -0.326 e. The highest BCUT2D eigenvalue weighted by Gasteiger charge is 2.14. The van der Waals surface area contributed by atoms with Gasteiger partial charge in [-0.15, -0.1) is 0 Å². The zero-order valence-corrected chi connectivity index (χ0v) is 11.0. The Morgan fingerprint density at radius 1 is 1.21 bits per heavy atom. The first-order chi connectivity index (χ1) is 9.28. The summed E-state index contributed by atoms with van der Waals surface area (Å²) in [5, 5.41) is 0. The van der Waals surface area contributed by atoms with Gasteiger partial charge in [0.05, 0.1) is 17.6 Å². The van der Waals surface area contributed by atoms with Crippen molar-refractivity contribution in [3.8, 4) is 0 Å². The van der Waals surface area contributed by atoms with Crippen LogP contribution < -0.4 is 5.73 Å². The lowest BCUT2D eigenvalue weighted by atomic mass is 10.3. The lowest BCUT2D eigenvalue weighted by Gasteiger charge is -2.16. The molecule has 0 radical (unpaired) electrons. The van der Waals surface area contributed by atoms with Crippen LogP contribution in [0.3, 0.4) is 0 Å². The summed E-state index contributed by atoms with van der Waals surface area (Å²) >= 11 is 0. The number of aromatic nitrogens is 2. The van der Waals surface area contributed by atoms with E-state index in [2.05, 4.69) is 14.5 Å². The Bertz CT molecular complexity index is 572. The van der Waals surface area contributed by atoms with Crippen LogP contribution in [0.4, 0.5) is 4.39 Å².